The molecule has 1 amide bonds. The van der Waals surface area contributed by atoms with E-state index in [4.69, 9.17) is 8.94 Å². The van der Waals surface area contributed by atoms with Crippen LogP contribution < -0.4 is 0 Å². The van der Waals surface area contributed by atoms with Crippen molar-refractivity contribution in [1.29, 1.82) is 0 Å². The second kappa shape index (κ2) is 6.76. The van der Waals surface area contributed by atoms with Gasteiger partial charge in [0.2, 0.25) is 5.89 Å². The maximum atomic E-state index is 13.9. The number of benzene rings is 1. The van der Waals surface area contributed by atoms with Crippen LogP contribution >= 0.6 is 0 Å². The summed E-state index contributed by atoms with van der Waals surface area (Å²) in [4.78, 5) is 18.4. The number of halogens is 1. The average molecular weight is 431 g/mol. The quantitative estimate of drug-likeness (QED) is 0.623. The molecule has 1 aromatic carbocycles. The minimum Gasteiger partial charge on any atom is -0.472 e. The molecule has 2 fully saturated rings. The van der Waals surface area contributed by atoms with Crippen LogP contribution in [0.25, 0.3) is 0 Å². The zero-order valence-electron chi connectivity index (χ0n) is 15.8. The molecule has 0 aliphatic carbocycles. The minimum absolute atomic E-state index is 0.00354. The number of aromatic nitrogens is 2. The molecule has 1 unspecified atom stereocenters. The molecule has 2 aliphatic heterocycles. The maximum absolute atomic E-state index is 13.9. The van der Waals surface area contributed by atoms with E-state index < -0.39 is 20.5 Å². The van der Waals surface area contributed by atoms with Crippen LogP contribution in [0, 0.1) is 5.82 Å². The summed E-state index contributed by atoms with van der Waals surface area (Å²) in [6, 6.07) is 7.85. The van der Waals surface area contributed by atoms with Crippen molar-refractivity contribution >= 4 is 15.7 Å². The molecular weight excluding hydrogens is 413 g/mol. The number of carbonyl (C=O) groups is 1. The molecule has 1 atom stereocenters. The molecular formula is C20H18FN3O5S. The molecule has 0 N–H and O–H groups in total. The molecule has 5 rings (SSSR count). The van der Waals surface area contributed by atoms with Gasteiger partial charge in [0, 0.05) is 19.5 Å². The fourth-order valence-corrected chi connectivity index (χ4v) is 6.64. The number of nitrogens with zero attached hydrogens (tertiary/aromatic N) is 3. The summed E-state index contributed by atoms with van der Waals surface area (Å²) >= 11 is 0. The largest absolute Gasteiger partial charge is 0.472 e. The lowest BCUT2D eigenvalue weighted by Crippen LogP contribution is -2.67. The average Bonchev–Trinajstić information content (AvgIpc) is 3.41. The molecule has 2 saturated heterocycles. The van der Waals surface area contributed by atoms with Crippen molar-refractivity contribution in [3.63, 3.8) is 0 Å². The van der Waals surface area contributed by atoms with E-state index >= 15 is 0 Å². The number of sulfone groups is 1. The van der Waals surface area contributed by atoms with Crippen LogP contribution in [0.2, 0.25) is 0 Å². The van der Waals surface area contributed by atoms with Gasteiger partial charge in [0.15, 0.2) is 15.7 Å². The summed E-state index contributed by atoms with van der Waals surface area (Å²) in [5, 5.41) is 3.92. The molecule has 10 heteroatoms. The first-order valence-electron chi connectivity index (χ1n) is 9.49. The van der Waals surface area contributed by atoms with Crippen LogP contribution in [0.3, 0.4) is 0 Å². The molecule has 2 aromatic heterocycles. The molecule has 8 nitrogen and oxygen atoms in total. The van der Waals surface area contributed by atoms with Gasteiger partial charge in [-0.05, 0) is 24.1 Å². The lowest BCUT2D eigenvalue weighted by molar-refractivity contribution is 0.0503. The Hall–Kier alpha value is -3.01. The molecule has 3 aromatic rings. The van der Waals surface area contributed by atoms with Gasteiger partial charge in [0.1, 0.15) is 16.8 Å². The Kier molecular flexibility index (Phi) is 4.28. The monoisotopic (exact) mass is 431 g/mol. The zero-order chi connectivity index (χ0) is 20.9. The van der Waals surface area contributed by atoms with E-state index in [1.165, 1.54) is 23.5 Å². The molecule has 4 heterocycles. The van der Waals surface area contributed by atoms with Crippen molar-refractivity contribution in [2.24, 2.45) is 0 Å². The van der Waals surface area contributed by atoms with Crippen molar-refractivity contribution in [3.8, 4) is 0 Å². The van der Waals surface area contributed by atoms with Crippen LogP contribution in [-0.2, 0) is 16.3 Å². The van der Waals surface area contributed by atoms with Gasteiger partial charge < -0.3 is 13.8 Å². The second-order valence-electron chi connectivity index (χ2n) is 7.72. The van der Waals surface area contributed by atoms with E-state index in [-0.39, 0.29) is 42.9 Å². The molecule has 1 spiro atoms. The Morgan fingerprint density at radius 1 is 1.27 bits per heavy atom. The van der Waals surface area contributed by atoms with Gasteiger partial charge in [-0.2, -0.15) is 4.98 Å². The number of hydrogen-bond acceptors (Lipinski definition) is 7. The van der Waals surface area contributed by atoms with Gasteiger partial charge in [-0.3, -0.25) is 4.79 Å². The summed E-state index contributed by atoms with van der Waals surface area (Å²) in [5.74, 6) is -0.635. The lowest BCUT2D eigenvalue weighted by atomic mass is 9.82. The predicted molar refractivity (Wildman–Crippen MR) is 102 cm³/mol. The first-order valence-corrected chi connectivity index (χ1v) is 11.1. The summed E-state index contributed by atoms with van der Waals surface area (Å²) in [7, 11) is -3.44. The number of carbonyl (C=O) groups excluding carboxylic acids is 1. The summed E-state index contributed by atoms with van der Waals surface area (Å²) < 4.78 is 48.8. The van der Waals surface area contributed by atoms with E-state index in [0.29, 0.717) is 23.4 Å². The summed E-state index contributed by atoms with van der Waals surface area (Å²) in [6.45, 7) is 0.129. The summed E-state index contributed by atoms with van der Waals surface area (Å²) in [6.07, 6.45) is 3.22. The van der Waals surface area contributed by atoms with E-state index in [1.54, 1.807) is 24.3 Å². The first kappa shape index (κ1) is 19.0. The highest BCUT2D eigenvalue weighted by Gasteiger charge is 2.64. The maximum Gasteiger partial charge on any atom is 0.257 e. The molecule has 0 radical (unpaired) electrons. The fraction of sp³-hybridized carbons (Fsp3) is 0.350. The number of likely N-dealkylation sites (tertiary alicyclic amines) is 1. The third kappa shape index (κ3) is 2.85. The highest BCUT2D eigenvalue weighted by atomic mass is 32.2. The van der Waals surface area contributed by atoms with Gasteiger partial charge in [0.05, 0.1) is 23.5 Å². The Morgan fingerprint density at radius 3 is 2.80 bits per heavy atom. The van der Waals surface area contributed by atoms with Gasteiger partial charge in [-0.15, -0.1) is 0 Å². The molecule has 0 saturated carbocycles. The van der Waals surface area contributed by atoms with Crippen molar-refractivity contribution in [1.82, 2.24) is 15.0 Å². The highest BCUT2D eigenvalue weighted by Crippen LogP contribution is 2.49. The number of rotatable bonds is 4. The summed E-state index contributed by atoms with van der Waals surface area (Å²) in [5.41, 5.74) is 0.806. The molecule has 2 aliphatic rings. The smallest absolute Gasteiger partial charge is 0.257 e. The van der Waals surface area contributed by atoms with E-state index in [1.807, 2.05) is 0 Å². The number of hydrogen-bond donors (Lipinski definition) is 0. The van der Waals surface area contributed by atoms with Crippen molar-refractivity contribution in [2.45, 2.75) is 23.5 Å². The van der Waals surface area contributed by atoms with Gasteiger partial charge in [-0.1, -0.05) is 23.4 Å². The lowest BCUT2D eigenvalue weighted by Gasteiger charge is -2.48. The zero-order valence-corrected chi connectivity index (χ0v) is 16.6. The molecule has 156 valence electrons. The Labute approximate surface area is 171 Å². The van der Waals surface area contributed by atoms with Crippen LogP contribution in [0.4, 0.5) is 4.39 Å². The van der Waals surface area contributed by atoms with Crippen molar-refractivity contribution < 1.29 is 26.5 Å². The van der Waals surface area contributed by atoms with Gasteiger partial charge in [-0.25, -0.2) is 12.8 Å². The number of amides is 1. The SMILES string of the molecule is O=C(c1ccoc1)N1CC2(C1)C(c1nc(Cc3ccccc3F)no1)CCS2(=O)=O. The molecule has 30 heavy (non-hydrogen) atoms. The van der Waals surface area contributed by atoms with Crippen molar-refractivity contribution in [3.05, 3.63) is 71.5 Å². The minimum atomic E-state index is -3.44. The number of furan rings is 1. The van der Waals surface area contributed by atoms with Crippen LogP contribution in [0.15, 0.2) is 51.8 Å². The van der Waals surface area contributed by atoms with E-state index in [2.05, 4.69) is 10.1 Å². The first-order chi connectivity index (χ1) is 14.4. The Bertz CT molecular complexity index is 1200. The van der Waals surface area contributed by atoms with Crippen LogP contribution in [0.5, 0.6) is 0 Å². The third-order valence-electron chi connectivity index (χ3n) is 5.99. The third-order valence-corrected chi connectivity index (χ3v) is 8.54. The normalized spacial score (nSPS) is 21.6. The highest BCUT2D eigenvalue weighted by molar-refractivity contribution is 7.93. The fourth-order valence-electron chi connectivity index (χ4n) is 4.33. The Balaban J connectivity index is 1.38. The van der Waals surface area contributed by atoms with Crippen LogP contribution in [0.1, 0.15) is 40.0 Å². The van der Waals surface area contributed by atoms with E-state index in [9.17, 15) is 17.6 Å². The van der Waals surface area contributed by atoms with Gasteiger partial charge >= 0.3 is 0 Å². The Morgan fingerprint density at radius 2 is 2.07 bits per heavy atom. The van der Waals surface area contributed by atoms with Crippen molar-refractivity contribution in [2.75, 3.05) is 18.8 Å². The van der Waals surface area contributed by atoms with E-state index in [0.717, 1.165) is 0 Å². The standard InChI is InChI=1S/C20H18FN3O5S/c21-16-4-2-1-3-13(16)9-17-22-18(29-23-17)15-6-8-30(26,27)20(15)11-24(12-20)19(25)14-5-7-28-10-14/h1-5,7,10,15H,6,8-9,11-12H2. The second-order valence-corrected chi connectivity index (χ2v) is 10.2. The topological polar surface area (TPSA) is 107 Å². The van der Waals surface area contributed by atoms with Crippen LogP contribution in [-0.4, -0.2) is 53.0 Å². The van der Waals surface area contributed by atoms with Gasteiger partial charge in [0.25, 0.3) is 5.91 Å². The molecule has 0 bridgehead atoms. The predicted octanol–water partition coefficient (Wildman–Crippen LogP) is 2.19.